The molecule has 10 heteroatoms. The molecule has 6 aromatic rings. The van der Waals surface area contributed by atoms with Gasteiger partial charge in [-0.05, 0) is 75.6 Å². The lowest BCUT2D eigenvalue weighted by atomic mass is 9.98. The minimum atomic E-state index is -1.01. The molecule has 0 saturated heterocycles. The third kappa shape index (κ3) is 4.97. The first-order valence-electron chi connectivity index (χ1n) is 15.7. The quantitative estimate of drug-likeness (QED) is 0.170. The Morgan fingerprint density at radius 3 is 2.51 bits per heavy atom. The molecule has 1 aliphatic rings. The van der Waals surface area contributed by atoms with Crippen molar-refractivity contribution in [2.75, 3.05) is 18.1 Å². The average Bonchev–Trinajstić information content (AvgIpc) is 3.65. The third-order valence-corrected chi connectivity index (χ3v) is 9.72. The van der Waals surface area contributed by atoms with Gasteiger partial charge in [-0.2, -0.15) is 5.10 Å². The van der Waals surface area contributed by atoms with Crippen LogP contribution in [0.4, 0.5) is 5.69 Å². The number of carbonyl (C=O) groups is 2. The molecule has 1 atom stereocenters. The second kappa shape index (κ2) is 11.7. The lowest BCUT2D eigenvalue weighted by Gasteiger charge is -2.34. The summed E-state index contributed by atoms with van der Waals surface area (Å²) in [5, 5.41) is 16.7. The molecule has 0 fully saturated rings. The van der Waals surface area contributed by atoms with Crippen molar-refractivity contribution in [3.63, 3.8) is 0 Å². The molecule has 4 heterocycles. The first-order valence-corrected chi connectivity index (χ1v) is 16.1. The molecule has 9 nitrogen and oxygen atoms in total. The minimum absolute atomic E-state index is 0.119. The summed E-state index contributed by atoms with van der Waals surface area (Å²) in [6.45, 7) is 7.04. The van der Waals surface area contributed by atoms with Crippen molar-refractivity contribution in [1.82, 2.24) is 18.9 Å². The molecule has 1 N–H and O–H groups in total. The van der Waals surface area contributed by atoms with E-state index in [2.05, 4.69) is 11.5 Å². The van der Waals surface area contributed by atoms with E-state index in [1.807, 2.05) is 85.9 Å². The van der Waals surface area contributed by atoms with Crippen LogP contribution in [0.25, 0.3) is 32.9 Å². The zero-order chi connectivity index (χ0) is 33.1. The fourth-order valence-electron chi connectivity index (χ4n) is 7.18. The number of carbonyl (C=O) groups excluding carboxylic acids is 1. The van der Waals surface area contributed by atoms with Crippen molar-refractivity contribution in [1.29, 1.82) is 0 Å². The van der Waals surface area contributed by atoms with E-state index >= 15 is 0 Å². The van der Waals surface area contributed by atoms with Crippen LogP contribution < -0.4 is 9.64 Å². The molecule has 0 saturated carbocycles. The number of carboxylic acid groups (broad SMARTS) is 1. The topological polar surface area (TPSA) is 94.5 Å². The number of hydrogen-bond donors (Lipinski definition) is 1. The van der Waals surface area contributed by atoms with Crippen LogP contribution >= 0.6 is 11.6 Å². The number of benzene rings is 3. The summed E-state index contributed by atoms with van der Waals surface area (Å²) in [6, 6.07) is 18.6. The molecule has 0 aliphatic carbocycles. The summed E-state index contributed by atoms with van der Waals surface area (Å²) in [4.78, 5) is 28.5. The van der Waals surface area contributed by atoms with E-state index in [1.165, 1.54) is 0 Å². The first kappa shape index (κ1) is 30.6. The van der Waals surface area contributed by atoms with Crippen LogP contribution in [-0.4, -0.2) is 49.0 Å². The molecule has 240 valence electrons. The Balaban J connectivity index is 1.41. The molecule has 1 aliphatic heterocycles. The predicted molar refractivity (Wildman–Crippen MR) is 185 cm³/mol. The van der Waals surface area contributed by atoms with Crippen molar-refractivity contribution in [2.45, 2.75) is 39.7 Å². The fourth-order valence-corrected chi connectivity index (χ4v) is 7.43. The van der Waals surface area contributed by atoms with Crippen molar-refractivity contribution < 1.29 is 19.4 Å². The lowest BCUT2D eigenvalue weighted by molar-refractivity contribution is 0.0696. The highest BCUT2D eigenvalue weighted by molar-refractivity contribution is 6.35. The van der Waals surface area contributed by atoms with Gasteiger partial charge in [-0.1, -0.05) is 35.9 Å². The number of rotatable bonds is 8. The normalized spacial score (nSPS) is 14.7. The number of amides is 1. The van der Waals surface area contributed by atoms with Gasteiger partial charge in [0.25, 0.3) is 5.91 Å². The predicted octanol–water partition coefficient (Wildman–Crippen LogP) is 7.73. The van der Waals surface area contributed by atoms with E-state index < -0.39 is 5.97 Å². The number of aryl methyl sites for hydroxylation is 4. The number of nitrogens with zero attached hydrogens (tertiary/aromatic N) is 5. The van der Waals surface area contributed by atoms with Crippen molar-refractivity contribution in [3.8, 4) is 16.9 Å². The SMILES string of the molecule is Cc1nn(C)c(C)c1-c1c(Cl)ccc2c(CCCOc3ccccc3)c3n(c12)C(C)CN(c1cn(C)c2ccc(C(=O)O)cc12)C3=O. The fraction of sp³-hybridized carbons (Fsp3) is 0.270. The van der Waals surface area contributed by atoms with Crippen LogP contribution in [0, 0.1) is 13.8 Å². The van der Waals surface area contributed by atoms with Crippen molar-refractivity contribution in [2.24, 2.45) is 14.1 Å². The van der Waals surface area contributed by atoms with E-state index in [-0.39, 0.29) is 17.5 Å². The second-order valence-corrected chi connectivity index (χ2v) is 12.8. The Bertz CT molecular complexity index is 2210. The molecule has 3 aromatic heterocycles. The Labute approximate surface area is 277 Å². The van der Waals surface area contributed by atoms with Crippen LogP contribution in [0.2, 0.25) is 5.02 Å². The van der Waals surface area contributed by atoms with Crippen LogP contribution in [-0.2, 0) is 20.5 Å². The molecule has 47 heavy (non-hydrogen) atoms. The van der Waals surface area contributed by atoms with Gasteiger partial charge in [0.1, 0.15) is 11.4 Å². The Morgan fingerprint density at radius 2 is 1.81 bits per heavy atom. The Kier molecular flexibility index (Phi) is 7.59. The van der Waals surface area contributed by atoms with Gasteiger partial charge < -0.3 is 23.9 Å². The average molecular weight is 650 g/mol. The van der Waals surface area contributed by atoms with Crippen LogP contribution in [0.5, 0.6) is 5.75 Å². The van der Waals surface area contributed by atoms with Crippen molar-refractivity contribution >= 4 is 51.0 Å². The molecule has 1 unspecified atom stereocenters. The summed E-state index contributed by atoms with van der Waals surface area (Å²) in [5.74, 6) is -0.334. The Morgan fingerprint density at radius 1 is 1.04 bits per heavy atom. The zero-order valence-electron chi connectivity index (χ0n) is 27.0. The van der Waals surface area contributed by atoms with Gasteiger partial charge in [0, 0.05) is 66.0 Å². The van der Waals surface area contributed by atoms with E-state index in [0.29, 0.717) is 42.4 Å². The highest BCUT2D eigenvalue weighted by Crippen LogP contribution is 2.45. The van der Waals surface area contributed by atoms with Crippen LogP contribution in [0.15, 0.2) is 66.9 Å². The molecule has 0 spiro atoms. The number of para-hydroxylation sites is 1. The van der Waals surface area contributed by atoms with Gasteiger partial charge in [0.15, 0.2) is 0 Å². The summed E-state index contributed by atoms with van der Waals surface area (Å²) in [5.41, 5.74) is 7.93. The molecule has 7 rings (SSSR count). The van der Waals surface area contributed by atoms with E-state index in [9.17, 15) is 14.7 Å². The first-order chi connectivity index (χ1) is 22.6. The third-order valence-electron chi connectivity index (χ3n) is 9.40. The molecular formula is C37H36ClN5O4. The number of hydrogen-bond acceptors (Lipinski definition) is 4. The number of halogens is 1. The monoisotopic (exact) mass is 649 g/mol. The van der Waals surface area contributed by atoms with Gasteiger partial charge >= 0.3 is 5.97 Å². The number of fused-ring (bicyclic) bond motifs is 4. The van der Waals surface area contributed by atoms with Gasteiger partial charge in [-0.15, -0.1) is 0 Å². The summed E-state index contributed by atoms with van der Waals surface area (Å²) in [6.07, 6.45) is 3.22. The summed E-state index contributed by atoms with van der Waals surface area (Å²) >= 11 is 7.04. The van der Waals surface area contributed by atoms with Crippen molar-refractivity contribution in [3.05, 3.63) is 100 Å². The molecule has 0 radical (unpaired) electrons. The molecule has 1 amide bonds. The van der Waals surface area contributed by atoms with E-state index in [1.54, 1.807) is 23.1 Å². The van der Waals surface area contributed by atoms with E-state index in [0.717, 1.165) is 55.6 Å². The summed E-state index contributed by atoms with van der Waals surface area (Å²) < 4.78 is 12.0. The van der Waals surface area contributed by atoms with Gasteiger partial charge in [-0.3, -0.25) is 9.48 Å². The Hall–Kier alpha value is -5.02. The van der Waals surface area contributed by atoms with E-state index in [4.69, 9.17) is 21.4 Å². The molecular weight excluding hydrogens is 614 g/mol. The number of ether oxygens (including phenoxy) is 1. The smallest absolute Gasteiger partial charge is 0.335 e. The van der Waals surface area contributed by atoms with Crippen LogP contribution in [0.3, 0.4) is 0 Å². The van der Waals surface area contributed by atoms with Gasteiger partial charge in [-0.25, -0.2) is 4.79 Å². The number of carboxylic acids is 1. The second-order valence-electron chi connectivity index (χ2n) is 12.4. The standard InChI is InChI=1S/C37H36ClN5O4/c1-21-19-42(31-20-40(4)30-16-13-24(37(45)46)18-28(30)31)36(44)35-26(12-9-17-47-25-10-7-6-8-11-25)27-14-15-29(38)33(34(27)43(21)35)32-22(2)39-41(5)23(32)3/h6-8,10-11,13-16,18,20-21H,9,12,17,19H2,1-5H3,(H,45,46). The highest BCUT2D eigenvalue weighted by Gasteiger charge is 2.37. The number of aromatic nitrogens is 4. The molecule has 3 aromatic carbocycles. The maximum absolute atomic E-state index is 14.8. The number of anilines is 1. The zero-order valence-corrected chi connectivity index (χ0v) is 27.8. The van der Waals surface area contributed by atoms with Gasteiger partial charge in [0.2, 0.25) is 0 Å². The highest BCUT2D eigenvalue weighted by atomic mass is 35.5. The summed E-state index contributed by atoms with van der Waals surface area (Å²) in [7, 11) is 3.84. The molecule has 0 bridgehead atoms. The largest absolute Gasteiger partial charge is 0.494 e. The number of aromatic carboxylic acids is 1. The minimum Gasteiger partial charge on any atom is -0.494 e. The maximum Gasteiger partial charge on any atom is 0.335 e. The lowest BCUT2D eigenvalue weighted by Crippen LogP contribution is -2.42. The van der Waals surface area contributed by atoms with Gasteiger partial charge in [0.05, 0.1) is 34.1 Å². The maximum atomic E-state index is 14.8. The van der Waals surface area contributed by atoms with Crippen LogP contribution in [0.1, 0.15) is 57.2 Å².